The molecule has 6 heteroatoms. The lowest BCUT2D eigenvalue weighted by molar-refractivity contribution is -0.141. The van der Waals surface area contributed by atoms with Crippen LogP contribution in [0.15, 0.2) is 42.5 Å². The number of nitrogens with zero attached hydrogens (tertiary/aromatic N) is 3. The van der Waals surface area contributed by atoms with Gasteiger partial charge >= 0.3 is 0 Å². The van der Waals surface area contributed by atoms with E-state index in [0.29, 0.717) is 13.1 Å². The monoisotopic (exact) mass is 433 g/mol. The summed E-state index contributed by atoms with van der Waals surface area (Å²) in [6, 6.07) is 14.9. The highest BCUT2D eigenvalue weighted by Crippen LogP contribution is 2.38. The molecule has 3 amide bonds. The number of fused-ring (bicyclic) bond motifs is 2. The molecule has 1 saturated carbocycles. The van der Waals surface area contributed by atoms with Crippen molar-refractivity contribution < 1.29 is 14.4 Å². The van der Waals surface area contributed by atoms with Crippen molar-refractivity contribution in [3.8, 4) is 0 Å². The van der Waals surface area contributed by atoms with Crippen LogP contribution in [0.1, 0.15) is 37.7 Å². The lowest BCUT2D eigenvalue weighted by atomic mass is 9.81. The fourth-order valence-corrected chi connectivity index (χ4v) is 5.64. The minimum absolute atomic E-state index is 0.0466. The third-order valence-corrected chi connectivity index (χ3v) is 7.48. The van der Waals surface area contributed by atoms with Crippen LogP contribution in [0.3, 0.4) is 0 Å². The Kier molecular flexibility index (Phi) is 5.96. The summed E-state index contributed by atoms with van der Waals surface area (Å²) in [6.07, 6.45) is 3.92. The van der Waals surface area contributed by atoms with Crippen molar-refractivity contribution in [2.75, 3.05) is 32.7 Å². The molecule has 5 rings (SSSR count). The van der Waals surface area contributed by atoms with Gasteiger partial charge in [0.1, 0.15) is 0 Å². The van der Waals surface area contributed by atoms with Gasteiger partial charge in [-0.2, -0.15) is 0 Å². The number of likely N-dealkylation sites (tertiary alicyclic amines) is 1. The fraction of sp³-hybridized carbons (Fsp3) is 0.500. The second-order valence-electron chi connectivity index (χ2n) is 9.37. The molecule has 2 aliphatic heterocycles. The first-order valence-corrected chi connectivity index (χ1v) is 11.9. The molecule has 0 radical (unpaired) electrons. The SMILES string of the molecule is O=C(CCN1C(=O)C2CCCCC2C1=O)N1CCN(Cc2cccc3ccccc23)CC1. The van der Waals surface area contributed by atoms with Gasteiger partial charge in [0, 0.05) is 45.7 Å². The molecule has 6 nitrogen and oxygen atoms in total. The second kappa shape index (κ2) is 9.02. The minimum atomic E-state index is -0.135. The highest BCUT2D eigenvalue weighted by atomic mass is 16.2. The highest BCUT2D eigenvalue weighted by molar-refractivity contribution is 6.05. The van der Waals surface area contributed by atoms with Crippen LogP contribution in [-0.2, 0) is 20.9 Å². The molecule has 2 aromatic carbocycles. The van der Waals surface area contributed by atoms with Gasteiger partial charge in [0.05, 0.1) is 11.8 Å². The van der Waals surface area contributed by atoms with Gasteiger partial charge in [0.15, 0.2) is 0 Å². The standard InChI is InChI=1S/C26H31N3O3/c30-24(12-13-29-25(31)22-10-3-4-11-23(22)26(29)32)28-16-14-27(15-17-28)18-20-8-5-7-19-6-1-2-9-21(19)20/h1-2,5-9,22-23H,3-4,10-18H2. The van der Waals surface area contributed by atoms with Crippen LogP contribution < -0.4 is 0 Å². The average Bonchev–Trinajstić information content (AvgIpc) is 3.08. The molecule has 168 valence electrons. The summed E-state index contributed by atoms with van der Waals surface area (Å²) < 4.78 is 0. The van der Waals surface area contributed by atoms with Crippen molar-refractivity contribution in [2.45, 2.75) is 38.6 Å². The molecule has 3 fully saturated rings. The maximum Gasteiger partial charge on any atom is 0.233 e. The van der Waals surface area contributed by atoms with E-state index in [-0.39, 0.29) is 42.5 Å². The maximum absolute atomic E-state index is 12.8. The number of amides is 3. The van der Waals surface area contributed by atoms with Gasteiger partial charge in [0.2, 0.25) is 17.7 Å². The zero-order valence-electron chi connectivity index (χ0n) is 18.5. The summed E-state index contributed by atoms with van der Waals surface area (Å²) in [6.45, 7) is 4.16. The van der Waals surface area contributed by atoms with Crippen molar-refractivity contribution in [1.82, 2.24) is 14.7 Å². The van der Waals surface area contributed by atoms with Crippen molar-refractivity contribution in [2.24, 2.45) is 11.8 Å². The van der Waals surface area contributed by atoms with Gasteiger partial charge in [-0.15, -0.1) is 0 Å². The number of hydrogen-bond donors (Lipinski definition) is 0. The van der Waals surface area contributed by atoms with Gasteiger partial charge in [-0.25, -0.2) is 0 Å². The first kappa shape index (κ1) is 21.1. The molecule has 0 aromatic heterocycles. The Balaban J connectivity index is 1.12. The van der Waals surface area contributed by atoms with E-state index in [4.69, 9.17) is 0 Å². The lowest BCUT2D eigenvalue weighted by Gasteiger charge is -2.35. The summed E-state index contributed by atoms with van der Waals surface area (Å²) in [5.41, 5.74) is 1.32. The van der Waals surface area contributed by atoms with Crippen LogP contribution in [0.5, 0.6) is 0 Å². The lowest BCUT2D eigenvalue weighted by Crippen LogP contribution is -2.49. The molecule has 0 N–H and O–H groups in total. The first-order valence-electron chi connectivity index (χ1n) is 11.9. The molecule has 0 bridgehead atoms. The van der Waals surface area contributed by atoms with Crippen LogP contribution in [-0.4, -0.2) is 65.1 Å². The normalized spacial score (nSPS) is 24.2. The molecular weight excluding hydrogens is 402 g/mol. The molecule has 1 aliphatic carbocycles. The summed E-state index contributed by atoms with van der Waals surface area (Å²) in [5, 5.41) is 2.54. The number of carbonyl (C=O) groups is 3. The quantitative estimate of drug-likeness (QED) is 0.680. The zero-order valence-corrected chi connectivity index (χ0v) is 18.5. The van der Waals surface area contributed by atoms with Gasteiger partial charge in [-0.1, -0.05) is 55.3 Å². The topological polar surface area (TPSA) is 60.9 Å². The smallest absolute Gasteiger partial charge is 0.233 e. The Morgan fingerprint density at radius 2 is 1.50 bits per heavy atom. The molecule has 2 heterocycles. The number of benzene rings is 2. The van der Waals surface area contributed by atoms with Gasteiger partial charge in [-0.05, 0) is 29.2 Å². The molecule has 3 aliphatic rings. The van der Waals surface area contributed by atoms with Crippen molar-refractivity contribution in [1.29, 1.82) is 0 Å². The molecule has 2 saturated heterocycles. The van der Waals surface area contributed by atoms with Crippen molar-refractivity contribution in [3.05, 3.63) is 48.0 Å². The van der Waals surface area contributed by atoms with Crippen LogP contribution in [0.2, 0.25) is 0 Å². The van der Waals surface area contributed by atoms with E-state index in [2.05, 4.69) is 47.4 Å². The van der Waals surface area contributed by atoms with Gasteiger partial charge in [0.25, 0.3) is 0 Å². The summed E-state index contributed by atoms with van der Waals surface area (Å²) >= 11 is 0. The first-order chi connectivity index (χ1) is 15.6. The van der Waals surface area contributed by atoms with Gasteiger partial charge < -0.3 is 4.90 Å². The van der Waals surface area contributed by atoms with Crippen LogP contribution >= 0.6 is 0 Å². The Hall–Kier alpha value is -2.73. The number of hydrogen-bond acceptors (Lipinski definition) is 4. The summed E-state index contributed by atoms with van der Waals surface area (Å²) in [4.78, 5) is 43.7. The van der Waals surface area contributed by atoms with E-state index in [1.54, 1.807) is 0 Å². The van der Waals surface area contributed by atoms with E-state index < -0.39 is 0 Å². The molecule has 2 aromatic rings. The van der Waals surface area contributed by atoms with Crippen LogP contribution in [0.25, 0.3) is 10.8 Å². The molecule has 32 heavy (non-hydrogen) atoms. The predicted molar refractivity (Wildman–Crippen MR) is 123 cm³/mol. The van der Waals surface area contributed by atoms with E-state index >= 15 is 0 Å². The van der Waals surface area contributed by atoms with Gasteiger partial charge in [-0.3, -0.25) is 24.2 Å². The fourth-order valence-electron chi connectivity index (χ4n) is 5.64. The Labute approximate surface area is 189 Å². The second-order valence-corrected chi connectivity index (χ2v) is 9.37. The Morgan fingerprint density at radius 1 is 0.844 bits per heavy atom. The zero-order chi connectivity index (χ0) is 22.1. The highest BCUT2D eigenvalue weighted by Gasteiger charge is 2.47. The molecule has 2 unspecified atom stereocenters. The molecule has 0 spiro atoms. The largest absolute Gasteiger partial charge is 0.340 e. The molecular formula is C26H31N3O3. The molecule has 2 atom stereocenters. The van der Waals surface area contributed by atoms with E-state index in [9.17, 15) is 14.4 Å². The van der Waals surface area contributed by atoms with Crippen LogP contribution in [0, 0.1) is 11.8 Å². The third-order valence-electron chi connectivity index (χ3n) is 7.48. The number of rotatable bonds is 5. The number of imide groups is 1. The number of piperazine rings is 1. The van der Waals surface area contributed by atoms with Crippen molar-refractivity contribution >= 4 is 28.5 Å². The average molecular weight is 434 g/mol. The Bertz CT molecular complexity index is 999. The van der Waals surface area contributed by atoms with Crippen molar-refractivity contribution in [3.63, 3.8) is 0 Å². The van der Waals surface area contributed by atoms with E-state index in [1.165, 1.54) is 21.2 Å². The summed E-state index contributed by atoms with van der Waals surface area (Å²) in [7, 11) is 0. The predicted octanol–water partition coefficient (Wildman–Crippen LogP) is 3.05. The third kappa shape index (κ3) is 4.04. The van der Waals surface area contributed by atoms with Crippen LogP contribution in [0.4, 0.5) is 0 Å². The number of carbonyl (C=O) groups excluding carboxylic acids is 3. The van der Waals surface area contributed by atoms with E-state index in [0.717, 1.165) is 45.3 Å². The minimum Gasteiger partial charge on any atom is -0.340 e. The maximum atomic E-state index is 12.8. The summed E-state index contributed by atoms with van der Waals surface area (Å²) in [5.74, 6) is -0.321. The van der Waals surface area contributed by atoms with E-state index in [1.807, 2.05) is 4.90 Å². The Morgan fingerprint density at radius 3 is 2.22 bits per heavy atom.